The highest BCUT2D eigenvalue weighted by Gasteiger charge is 2.13. The van der Waals surface area contributed by atoms with Gasteiger partial charge in [0.05, 0.1) is 5.70 Å². The molecule has 0 fully saturated rings. The van der Waals surface area contributed by atoms with Crippen molar-refractivity contribution in [3.8, 4) is 0 Å². The molecule has 0 aromatic heterocycles. The van der Waals surface area contributed by atoms with Crippen molar-refractivity contribution in [2.24, 2.45) is 0 Å². The van der Waals surface area contributed by atoms with Gasteiger partial charge in [-0.3, -0.25) is 4.79 Å². The van der Waals surface area contributed by atoms with E-state index in [2.05, 4.69) is 11.0 Å². The van der Waals surface area contributed by atoms with E-state index in [1.54, 1.807) is 12.1 Å². The first kappa shape index (κ1) is 11.4. The van der Waals surface area contributed by atoms with E-state index >= 15 is 0 Å². The first-order chi connectivity index (χ1) is 8.16. The standard InChI is InChI=1S/C14H13NO2/c1-10(16)6-8-12-9-7-11-4-2-3-5-13(11)14(17)15-12/h2-5,7H,6,8H2,1H3,(H,15,17). The van der Waals surface area contributed by atoms with Crippen LogP contribution in [0.1, 0.15) is 35.7 Å². The Hall–Kier alpha value is -2.12. The number of Topliss-reactive ketones (excluding diaryl/α,β-unsaturated/α-hetero) is 1. The molecule has 1 heterocycles. The van der Waals surface area contributed by atoms with Crippen LogP contribution in [0.2, 0.25) is 0 Å². The van der Waals surface area contributed by atoms with Crippen molar-refractivity contribution in [2.45, 2.75) is 19.8 Å². The molecule has 17 heavy (non-hydrogen) atoms. The van der Waals surface area contributed by atoms with E-state index in [0.29, 0.717) is 24.1 Å². The van der Waals surface area contributed by atoms with Crippen molar-refractivity contribution >= 4 is 17.8 Å². The molecule has 0 saturated heterocycles. The number of fused-ring (bicyclic) bond motifs is 1. The molecule has 0 aliphatic carbocycles. The van der Waals surface area contributed by atoms with Crippen molar-refractivity contribution in [1.82, 2.24) is 5.32 Å². The van der Waals surface area contributed by atoms with Crippen LogP contribution in [0.5, 0.6) is 0 Å². The summed E-state index contributed by atoms with van der Waals surface area (Å²) in [5, 5.41) is 2.77. The van der Waals surface area contributed by atoms with Gasteiger partial charge in [0.15, 0.2) is 0 Å². The topological polar surface area (TPSA) is 46.2 Å². The monoisotopic (exact) mass is 227 g/mol. The van der Waals surface area contributed by atoms with Crippen LogP contribution in [0.4, 0.5) is 0 Å². The lowest BCUT2D eigenvalue weighted by atomic mass is 10.1. The van der Waals surface area contributed by atoms with Crippen molar-refractivity contribution in [2.75, 3.05) is 0 Å². The van der Waals surface area contributed by atoms with E-state index in [0.717, 1.165) is 5.56 Å². The molecule has 3 nitrogen and oxygen atoms in total. The zero-order chi connectivity index (χ0) is 12.3. The van der Waals surface area contributed by atoms with Crippen LogP contribution >= 0.6 is 0 Å². The van der Waals surface area contributed by atoms with Crippen molar-refractivity contribution in [1.29, 1.82) is 0 Å². The predicted octanol–water partition coefficient (Wildman–Crippen LogP) is 2.30. The minimum absolute atomic E-state index is 0.107. The smallest absolute Gasteiger partial charge is 0.256 e. The quantitative estimate of drug-likeness (QED) is 0.805. The molecular formula is C14H13NO2. The first-order valence-electron chi connectivity index (χ1n) is 5.52. The highest BCUT2D eigenvalue weighted by molar-refractivity contribution is 5.99. The van der Waals surface area contributed by atoms with Crippen LogP contribution < -0.4 is 5.32 Å². The fourth-order valence-electron chi connectivity index (χ4n) is 1.67. The summed E-state index contributed by atoms with van der Waals surface area (Å²) in [6, 6.07) is 7.35. The van der Waals surface area contributed by atoms with Crippen molar-refractivity contribution in [3.05, 3.63) is 46.8 Å². The van der Waals surface area contributed by atoms with E-state index in [4.69, 9.17) is 0 Å². The zero-order valence-corrected chi connectivity index (χ0v) is 9.62. The third kappa shape index (κ3) is 2.71. The number of nitrogens with one attached hydrogen (secondary N) is 1. The largest absolute Gasteiger partial charge is 0.319 e. The molecule has 0 saturated carbocycles. The van der Waals surface area contributed by atoms with Crippen LogP contribution in [0.15, 0.2) is 35.7 Å². The molecule has 1 N–H and O–H groups in total. The molecule has 0 bridgehead atoms. The van der Waals surface area contributed by atoms with Gasteiger partial charge in [-0.25, -0.2) is 0 Å². The lowest BCUT2D eigenvalue weighted by Crippen LogP contribution is -2.22. The van der Waals surface area contributed by atoms with Gasteiger partial charge in [0, 0.05) is 18.4 Å². The van der Waals surface area contributed by atoms with Gasteiger partial charge in [-0.2, -0.15) is 0 Å². The fraction of sp³-hybridized carbons (Fsp3) is 0.214. The number of amides is 1. The van der Waals surface area contributed by atoms with Crippen molar-refractivity contribution in [3.63, 3.8) is 0 Å². The van der Waals surface area contributed by atoms with Crippen LogP contribution in [0.25, 0.3) is 6.08 Å². The molecule has 2 rings (SSSR count). The Labute approximate surface area is 99.8 Å². The SMILES string of the molecule is CC(=O)CCC1=C=Cc2ccccc2C(=O)N1. The molecule has 1 aromatic rings. The van der Waals surface area contributed by atoms with E-state index in [9.17, 15) is 9.59 Å². The normalized spacial score (nSPS) is 13.5. The second-order valence-electron chi connectivity index (χ2n) is 4.01. The average molecular weight is 227 g/mol. The molecule has 1 aromatic carbocycles. The van der Waals surface area contributed by atoms with Gasteiger partial charge in [-0.1, -0.05) is 23.9 Å². The van der Waals surface area contributed by atoms with E-state index < -0.39 is 0 Å². The maximum Gasteiger partial charge on any atom is 0.256 e. The van der Waals surface area contributed by atoms with Gasteiger partial charge in [-0.05, 0) is 24.6 Å². The highest BCUT2D eigenvalue weighted by atomic mass is 16.1. The fourth-order valence-corrected chi connectivity index (χ4v) is 1.67. The molecule has 0 unspecified atom stereocenters. The lowest BCUT2D eigenvalue weighted by molar-refractivity contribution is -0.117. The minimum Gasteiger partial charge on any atom is -0.319 e. The Morgan fingerprint density at radius 3 is 2.88 bits per heavy atom. The van der Waals surface area contributed by atoms with E-state index in [1.807, 2.05) is 18.2 Å². The molecule has 0 spiro atoms. The first-order valence-corrected chi connectivity index (χ1v) is 5.52. The van der Waals surface area contributed by atoms with Crippen LogP contribution in [0.3, 0.4) is 0 Å². The Balaban J connectivity index is 2.27. The molecule has 1 aliphatic rings. The van der Waals surface area contributed by atoms with Gasteiger partial charge in [0.25, 0.3) is 5.91 Å². The lowest BCUT2D eigenvalue weighted by Gasteiger charge is -2.06. The van der Waals surface area contributed by atoms with Crippen LogP contribution in [0, 0.1) is 0 Å². The number of carbonyl (C=O) groups excluding carboxylic acids is 2. The molecule has 86 valence electrons. The number of benzene rings is 1. The third-order valence-electron chi connectivity index (χ3n) is 2.60. The number of rotatable bonds is 3. The number of hydrogen-bond donors (Lipinski definition) is 1. The second kappa shape index (κ2) is 4.81. The summed E-state index contributed by atoms with van der Waals surface area (Å²) < 4.78 is 0. The van der Waals surface area contributed by atoms with Crippen LogP contribution in [-0.4, -0.2) is 11.7 Å². The Morgan fingerprint density at radius 2 is 2.12 bits per heavy atom. The molecule has 0 radical (unpaired) electrons. The average Bonchev–Trinajstić information content (AvgIpc) is 2.47. The third-order valence-corrected chi connectivity index (χ3v) is 2.60. The van der Waals surface area contributed by atoms with Gasteiger partial charge >= 0.3 is 0 Å². The molecule has 3 heteroatoms. The predicted molar refractivity (Wildman–Crippen MR) is 65.3 cm³/mol. The van der Waals surface area contributed by atoms with Gasteiger partial charge in [-0.15, -0.1) is 0 Å². The Morgan fingerprint density at radius 1 is 1.35 bits per heavy atom. The second-order valence-corrected chi connectivity index (χ2v) is 4.01. The van der Waals surface area contributed by atoms with Gasteiger partial charge < -0.3 is 10.1 Å². The van der Waals surface area contributed by atoms with Crippen molar-refractivity contribution < 1.29 is 9.59 Å². The minimum atomic E-state index is -0.139. The Bertz CT molecular complexity index is 537. The zero-order valence-electron chi connectivity index (χ0n) is 9.62. The Kier molecular flexibility index (Phi) is 3.22. The maximum atomic E-state index is 11.9. The highest BCUT2D eigenvalue weighted by Crippen LogP contribution is 2.15. The summed E-state index contributed by atoms with van der Waals surface area (Å²) in [6.07, 6.45) is 2.72. The van der Waals surface area contributed by atoms with E-state index in [-0.39, 0.29) is 11.7 Å². The van der Waals surface area contributed by atoms with Gasteiger partial charge in [0.2, 0.25) is 0 Å². The van der Waals surface area contributed by atoms with Crippen LogP contribution in [-0.2, 0) is 4.79 Å². The molecule has 1 aliphatic heterocycles. The summed E-state index contributed by atoms with van der Waals surface area (Å²) in [6.45, 7) is 1.54. The molecular weight excluding hydrogens is 214 g/mol. The summed E-state index contributed by atoms with van der Waals surface area (Å²) in [5.41, 5.74) is 5.19. The van der Waals surface area contributed by atoms with E-state index in [1.165, 1.54) is 6.92 Å². The summed E-state index contributed by atoms with van der Waals surface area (Å²) in [5.74, 6) is -0.0317. The molecule has 0 atom stereocenters. The summed E-state index contributed by atoms with van der Waals surface area (Å²) in [4.78, 5) is 22.8. The number of ketones is 1. The number of carbonyl (C=O) groups is 2. The number of hydrogen-bond acceptors (Lipinski definition) is 2. The van der Waals surface area contributed by atoms with Gasteiger partial charge in [0.1, 0.15) is 5.78 Å². The number of allylic oxidation sites excluding steroid dienone is 1. The maximum absolute atomic E-state index is 11.9. The molecule has 1 amide bonds. The summed E-state index contributed by atoms with van der Waals surface area (Å²) in [7, 11) is 0. The summed E-state index contributed by atoms with van der Waals surface area (Å²) >= 11 is 0.